The number of esters is 1. The summed E-state index contributed by atoms with van der Waals surface area (Å²) in [7, 11) is -2.55. The third-order valence-electron chi connectivity index (χ3n) is 9.93. The van der Waals surface area contributed by atoms with Gasteiger partial charge in [-0.3, -0.25) is 4.79 Å². The Morgan fingerprint density at radius 3 is 1.87 bits per heavy atom. The van der Waals surface area contributed by atoms with Gasteiger partial charge in [0.1, 0.15) is 6.10 Å². The summed E-state index contributed by atoms with van der Waals surface area (Å²) in [5.74, 6) is -1.18. The topological polar surface area (TPSA) is 105 Å². The van der Waals surface area contributed by atoms with Crippen LogP contribution in [-0.2, 0) is 14.0 Å². The Hall–Kier alpha value is -2.78. The van der Waals surface area contributed by atoms with E-state index in [2.05, 4.69) is 39.2 Å². The third kappa shape index (κ3) is 9.61. The molecule has 0 spiro atoms. The van der Waals surface area contributed by atoms with E-state index in [0.29, 0.717) is 12.0 Å². The predicted molar refractivity (Wildman–Crippen MR) is 184 cm³/mol. The van der Waals surface area contributed by atoms with Crippen molar-refractivity contribution in [3.8, 4) is 0 Å². The Balaban J connectivity index is 2.52. The maximum Gasteiger partial charge on any atom is 0.337 e. The summed E-state index contributed by atoms with van der Waals surface area (Å²) >= 11 is 0. The van der Waals surface area contributed by atoms with Crippen LogP contribution in [-0.4, -0.2) is 54.8 Å². The van der Waals surface area contributed by atoms with Crippen LogP contribution in [0, 0.1) is 11.3 Å². The van der Waals surface area contributed by atoms with Crippen LogP contribution < -0.4 is 5.32 Å². The highest BCUT2D eigenvalue weighted by molar-refractivity contribution is 6.74. The number of carbonyl (C=O) groups excluding carboxylic acids is 2. The molecular weight excluding hydrogens is 582 g/mol. The lowest BCUT2D eigenvalue weighted by molar-refractivity contribution is -0.157. The molecule has 2 rings (SSSR count). The predicted octanol–water partition coefficient (Wildman–Crippen LogP) is 7.61. The third-order valence-corrected chi connectivity index (χ3v) is 14.4. The molecule has 0 heterocycles. The second kappa shape index (κ2) is 15.7. The second-order valence-corrected chi connectivity index (χ2v) is 19.2. The molecule has 8 heteroatoms. The maximum atomic E-state index is 14.2. The highest BCUT2D eigenvalue weighted by Gasteiger charge is 2.45. The van der Waals surface area contributed by atoms with Crippen LogP contribution >= 0.6 is 0 Å². The molecule has 0 saturated carbocycles. The van der Waals surface area contributed by atoms with E-state index in [4.69, 9.17) is 9.16 Å². The highest BCUT2D eigenvalue weighted by atomic mass is 28.4. The maximum absolute atomic E-state index is 14.2. The van der Waals surface area contributed by atoms with Crippen molar-refractivity contribution in [2.75, 3.05) is 0 Å². The van der Waals surface area contributed by atoms with Crippen LogP contribution in [0.5, 0.6) is 0 Å². The summed E-state index contributed by atoms with van der Waals surface area (Å²) in [6, 6.07) is 17.5. The molecule has 0 bridgehead atoms. The monoisotopic (exact) mass is 639 g/mol. The molecule has 7 nitrogen and oxygen atoms in total. The zero-order valence-electron chi connectivity index (χ0n) is 29.5. The fraction of sp³-hybridized carbons (Fsp3) is 0.568. The Bertz CT molecular complexity index is 1280. The van der Waals surface area contributed by atoms with Gasteiger partial charge < -0.3 is 24.7 Å². The smallest absolute Gasteiger partial charge is 0.337 e. The highest BCUT2D eigenvalue weighted by Crippen LogP contribution is 2.40. The number of ether oxygens (including phenoxy) is 1. The van der Waals surface area contributed by atoms with Gasteiger partial charge in [0, 0.05) is 16.9 Å². The first-order valence-corrected chi connectivity index (χ1v) is 19.0. The number of nitrogens with one attached hydrogen (secondary N) is 1. The van der Waals surface area contributed by atoms with Gasteiger partial charge in [0.2, 0.25) is 0 Å². The average molecular weight is 640 g/mol. The normalized spacial score (nSPS) is 17.3. The number of aliphatic hydroxyl groups excluding tert-OH is 2. The van der Waals surface area contributed by atoms with Gasteiger partial charge in [-0.05, 0) is 68.6 Å². The van der Waals surface area contributed by atoms with Crippen LogP contribution in [0.2, 0.25) is 18.1 Å². The molecule has 0 saturated heterocycles. The van der Waals surface area contributed by atoms with E-state index in [1.807, 2.05) is 84.9 Å². The summed E-state index contributed by atoms with van der Waals surface area (Å²) < 4.78 is 12.9. The number of amides is 1. The number of rotatable bonds is 14. The Kier molecular flexibility index (Phi) is 13.4. The van der Waals surface area contributed by atoms with Crippen molar-refractivity contribution >= 4 is 20.2 Å². The molecule has 3 N–H and O–H groups in total. The quantitative estimate of drug-likeness (QED) is 0.112. The van der Waals surface area contributed by atoms with Gasteiger partial charge in [-0.2, -0.15) is 0 Å². The molecule has 0 aliphatic carbocycles. The zero-order chi connectivity index (χ0) is 34.3. The molecular formula is C37H57NO6Si. The number of benzene rings is 2. The largest absolute Gasteiger partial charge is 0.456 e. The molecule has 6 atom stereocenters. The Labute approximate surface area is 272 Å². The number of carbonyl (C=O) groups is 2. The van der Waals surface area contributed by atoms with Crippen LogP contribution in [0.3, 0.4) is 0 Å². The lowest BCUT2D eigenvalue weighted by Crippen LogP contribution is -2.52. The first kappa shape index (κ1) is 38.4. The first-order valence-electron chi connectivity index (χ1n) is 16.1. The summed E-state index contributed by atoms with van der Waals surface area (Å²) in [6.45, 7) is 23.6. The van der Waals surface area contributed by atoms with Gasteiger partial charge >= 0.3 is 5.97 Å². The van der Waals surface area contributed by atoms with E-state index < -0.39 is 50.2 Å². The molecule has 2 aromatic rings. The van der Waals surface area contributed by atoms with Crippen LogP contribution in [0.25, 0.3) is 0 Å². The molecule has 2 aromatic carbocycles. The van der Waals surface area contributed by atoms with Crippen molar-refractivity contribution in [2.45, 2.75) is 124 Å². The second-order valence-electron chi connectivity index (χ2n) is 14.5. The Morgan fingerprint density at radius 2 is 1.38 bits per heavy atom. The van der Waals surface area contributed by atoms with E-state index in [0.717, 1.165) is 16.7 Å². The van der Waals surface area contributed by atoms with Gasteiger partial charge in [0.25, 0.3) is 5.91 Å². The summed E-state index contributed by atoms with van der Waals surface area (Å²) in [5, 5.41) is 24.7. The minimum Gasteiger partial charge on any atom is -0.456 e. The fourth-order valence-electron chi connectivity index (χ4n) is 5.17. The standard InChI is InChI=1S/C37H57NO6Si/c1-13-30(39)37(9,10)33(40)26(4)24(2)25(3)27(5)43-35(42)32(44-45(11,12)36(6,7)8)31(28-20-16-14-17-21-28)38-34(41)29-22-18-15-19-23-29/h14-23,26-27,30-33,39-40H,13H2,1-12H3,(H,38,41)/b25-24+/t26-,27-,30-,31-,32+,33-/m0/s1. The van der Waals surface area contributed by atoms with Gasteiger partial charge in [-0.1, -0.05) is 103 Å². The van der Waals surface area contributed by atoms with Crippen LogP contribution in [0.4, 0.5) is 0 Å². The van der Waals surface area contributed by atoms with E-state index >= 15 is 0 Å². The zero-order valence-corrected chi connectivity index (χ0v) is 30.5. The van der Waals surface area contributed by atoms with Gasteiger partial charge in [-0.25, -0.2) is 4.79 Å². The molecule has 0 aliphatic heterocycles. The SMILES string of the molecule is CC[C@H](O)C(C)(C)[C@@H](O)[C@@H](C)/C(C)=C(\C)[C@H](C)OC(=O)[C@H](O[Si](C)(C)C(C)(C)C)[C@@H](NC(=O)c1ccccc1)c1ccccc1. The lowest BCUT2D eigenvalue weighted by atomic mass is 9.72. The molecule has 250 valence electrons. The van der Waals surface area contributed by atoms with Gasteiger partial charge in [0.15, 0.2) is 14.4 Å². The fourth-order valence-corrected chi connectivity index (χ4v) is 6.39. The minimum absolute atomic E-state index is 0.213. The summed E-state index contributed by atoms with van der Waals surface area (Å²) in [6.07, 6.45) is -2.68. The van der Waals surface area contributed by atoms with E-state index in [9.17, 15) is 19.8 Å². The molecule has 1 amide bonds. The van der Waals surface area contributed by atoms with E-state index in [-0.39, 0.29) is 16.9 Å². The van der Waals surface area contributed by atoms with Gasteiger partial charge in [-0.15, -0.1) is 0 Å². The van der Waals surface area contributed by atoms with Crippen molar-refractivity contribution in [3.63, 3.8) is 0 Å². The lowest BCUT2D eigenvalue weighted by Gasteiger charge is -2.41. The molecule has 0 unspecified atom stereocenters. The van der Waals surface area contributed by atoms with Crippen LogP contribution in [0.1, 0.15) is 97.6 Å². The first-order chi connectivity index (χ1) is 20.8. The molecule has 45 heavy (non-hydrogen) atoms. The molecule has 0 aromatic heterocycles. The summed E-state index contributed by atoms with van der Waals surface area (Å²) in [5.41, 5.74) is 2.18. The van der Waals surface area contributed by atoms with E-state index in [1.54, 1.807) is 24.3 Å². The number of aliphatic hydroxyl groups is 2. The van der Waals surface area contributed by atoms with E-state index in [1.165, 1.54) is 0 Å². The average Bonchev–Trinajstić information content (AvgIpc) is 3.00. The Morgan fingerprint density at radius 1 is 0.867 bits per heavy atom. The number of hydrogen-bond donors (Lipinski definition) is 3. The minimum atomic E-state index is -2.55. The van der Waals surface area contributed by atoms with Crippen molar-refractivity contribution in [3.05, 3.63) is 82.9 Å². The van der Waals surface area contributed by atoms with Gasteiger partial charge in [0.05, 0.1) is 18.2 Å². The number of hydrogen-bond acceptors (Lipinski definition) is 6. The molecule has 0 fully saturated rings. The van der Waals surface area contributed by atoms with Crippen LogP contribution in [0.15, 0.2) is 71.8 Å². The molecule has 0 radical (unpaired) electrons. The van der Waals surface area contributed by atoms with Crippen molar-refractivity contribution < 1.29 is 29.0 Å². The van der Waals surface area contributed by atoms with Crippen molar-refractivity contribution in [1.82, 2.24) is 5.32 Å². The summed E-state index contributed by atoms with van der Waals surface area (Å²) in [4.78, 5) is 27.7. The molecule has 0 aliphatic rings. The van der Waals surface area contributed by atoms with Crippen molar-refractivity contribution in [1.29, 1.82) is 0 Å². The van der Waals surface area contributed by atoms with Crippen molar-refractivity contribution in [2.24, 2.45) is 11.3 Å².